The first-order valence-electron chi connectivity index (χ1n) is 7.78. The molecule has 4 unspecified atom stereocenters. The quantitative estimate of drug-likeness (QED) is 0.301. The second-order valence-electron chi connectivity index (χ2n) is 6.11. The summed E-state index contributed by atoms with van der Waals surface area (Å²) in [5, 5.41) is 58.8. The number of hydrogen-bond acceptors (Lipinski definition) is 10. The molecule has 0 saturated carbocycles. The molecule has 0 aromatic heterocycles. The van der Waals surface area contributed by atoms with Crippen molar-refractivity contribution in [1.82, 2.24) is 0 Å². The van der Waals surface area contributed by atoms with Crippen LogP contribution < -0.4 is 0 Å². The third-order valence-corrected chi connectivity index (χ3v) is 5.54. The number of thioether (sulfide) groups is 1. The van der Waals surface area contributed by atoms with Gasteiger partial charge in [-0.2, -0.15) is 0 Å². The van der Waals surface area contributed by atoms with Gasteiger partial charge in [-0.15, -0.1) is 11.8 Å². The normalized spacial score (nSPS) is 50.0. The van der Waals surface area contributed by atoms with Gasteiger partial charge in [-0.3, -0.25) is 0 Å². The average molecular weight is 370 g/mol. The lowest BCUT2D eigenvalue weighted by Crippen LogP contribution is -2.62. The van der Waals surface area contributed by atoms with Gasteiger partial charge in [0.05, 0.1) is 19.3 Å². The van der Waals surface area contributed by atoms with Crippen LogP contribution in [0.25, 0.3) is 0 Å². The molecule has 2 aliphatic rings. The van der Waals surface area contributed by atoms with Crippen molar-refractivity contribution < 1.29 is 44.8 Å². The Bertz CT molecular complexity index is 396. The molecule has 0 radical (unpaired) electrons. The van der Waals surface area contributed by atoms with Crippen LogP contribution in [0.2, 0.25) is 0 Å². The molecule has 9 nitrogen and oxygen atoms in total. The van der Waals surface area contributed by atoms with Gasteiger partial charge in [0.15, 0.2) is 6.29 Å². The van der Waals surface area contributed by atoms with Gasteiger partial charge >= 0.3 is 0 Å². The monoisotopic (exact) mass is 370 g/mol. The van der Waals surface area contributed by atoms with E-state index >= 15 is 0 Å². The highest BCUT2D eigenvalue weighted by Crippen LogP contribution is 2.34. The second-order valence-corrected chi connectivity index (χ2v) is 7.04. The van der Waals surface area contributed by atoms with Crippen molar-refractivity contribution in [3.63, 3.8) is 0 Å². The summed E-state index contributed by atoms with van der Waals surface area (Å²) in [4.78, 5) is 0. The fourth-order valence-corrected chi connectivity index (χ4v) is 3.82. The molecule has 0 aliphatic carbocycles. The molecule has 142 valence electrons. The summed E-state index contributed by atoms with van der Waals surface area (Å²) in [6, 6.07) is 0. The van der Waals surface area contributed by atoms with Crippen molar-refractivity contribution in [2.75, 3.05) is 19.5 Å². The Hall–Kier alpha value is -0.0100. The molecule has 10 heteroatoms. The van der Waals surface area contributed by atoms with Gasteiger partial charge in [0.1, 0.15) is 42.1 Å². The van der Waals surface area contributed by atoms with E-state index in [1.54, 1.807) is 6.92 Å². The van der Waals surface area contributed by atoms with Crippen LogP contribution in [0.3, 0.4) is 0 Å². The van der Waals surface area contributed by atoms with Crippen LogP contribution >= 0.6 is 11.8 Å². The molecule has 0 aromatic rings. The Balaban J connectivity index is 2.12. The van der Waals surface area contributed by atoms with E-state index in [1.165, 1.54) is 11.8 Å². The highest BCUT2D eigenvalue weighted by atomic mass is 32.2. The van der Waals surface area contributed by atoms with E-state index in [1.807, 2.05) is 6.26 Å². The maximum absolute atomic E-state index is 10.5. The topological polar surface area (TPSA) is 149 Å². The highest BCUT2D eigenvalue weighted by molar-refractivity contribution is 7.99. The van der Waals surface area contributed by atoms with Crippen LogP contribution in [0.1, 0.15) is 6.92 Å². The zero-order valence-electron chi connectivity index (χ0n) is 13.5. The fourth-order valence-electron chi connectivity index (χ4n) is 2.97. The molecule has 2 saturated heterocycles. The van der Waals surface area contributed by atoms with Crippen LogP contribution in [-0.2, 0) is 14.2 Å². The molecule has 6 N–H and O–H groups in total. The number of hydrogen-bond donors (Lipinski definition) is 6. The van der Waals surface area contributed by atoms with Crippen molar-refractivity contribution in [1.29, 1.82) is 0 Å². The number of aliphatic hydroxyl groups is 6. The lowest BCUT2D eigenvalue weighted by Gasteiger charge is -2.46. The van der Waals surface area contributed by atoms with Crippen molar-refractivity contribution in [3.8, 4) is 0 Å². The zero-order valence-corrected chi connectivity index (χ0v) is 14.3. The molecule has 2 fully saturated rings. The Morgan fingerprint density at radius 1 is 0.875 bits per heavy atom. The predicted molar refractivity (Wildman–Crippen MR) is 83.1 cm³/mol. The van der Waals surface area contributed by atoms with Crippen LogP contribution in [0.15, 0.2) is 0 Å². The van der Waals surface area contributed by atoms with E-state index in [0.717, 1.165) is 0 Å². The zero-order chi connectivity index (χ0) is 18.0. The Labute approximate surface area is 144 Å². The summed E-state index contributed by atoms with van der Waals surface area (Å²) in [7, 11) is 0. The summed E-state index contributed by atoms with van der Waals surface area (Å²) in [5.41, 5.74) is -0.327. The first-order chi connectivity index (χ1) is 11.3. The molecule has 0 amide bonds. The van der Waals surface area contributed by atoms with E-state index in [4.69, 9.17) is 14.2 Å². The van der Waals surface area contributed by atoms with Gasteiger partial charge in [-0.05, 0) is 6.26 Å². The highest BCUT2D eigenvalue weighted by Gasteiger charge is 2.49. The summed E-state index contributed by atoms with van der Waals surface area (Å²) >= 11 is 1.39. The standard InChI is InChI=1S/C14H26O9S/c1-5-8(17)12(7(4-16)22-14(5)24-2)23-13-11(20)10(19)9(18)6(3-15)21-13/h5-20H,3-4H2,1-2H3/t5?,6?,7?,8-,9+,10+,11?,12+,13+,14+/m1/s1. The second kappa shape index (κ2) is 8.58. The molecular formula is C14H26O9S. The van der Waals surface area contributed by atoms with Crippen LogP contribution in [0.4, 0.5) is 0 Å². The van der Waals surface area contributed by atoms with E-state index in [0.29, 0.717) is 0 Å². The molecule has 2 aliphatic heterocycles. The van der Waals surface area contributed by atoms with Crippen molar-refractivity contribution in [3.05, 3.63) is 0 Å². The van der Waals surface area contributed by atoms with E-state index in [2.05, 4.69) is 0 Å². The minimum Gasteiger partial charge on any atom is -0.394 e. The number of ether oxygens (including phenoxy) is 3. The Morgan fingerprint density at radius 2 is 1.50 bits per heavy atom. The van der Waals surface area contributed by atoms with Gasteiger partial charge in [0.2, 0.25) is 0 Å². The molecule has 0 aromatic carbocycles. The summed E-state index contributed by atoms with van der Waals surface area (Å²) < 4.78 is 16.5. The van der Waals surface area contributed by atoms with Gasteiger partial charge in [-0.1, -0.05) is 6.92 Å². The largest absolute Gasteiger partial charge is 0.394 e. The maximum atomic E-state index is 10.5. The van der Waals surface area contributed by atoms with Gasteiger partial charge in [0.25, 0.3) is 0 Å². The average Bonchev–Trinajstić information content (AvgIpc) is 2.59. The van der Waals surface area contributed by atoms with Gasteiger partial charge in [0, 0.05) is 5.92 Å². The SMILES string of the molecule is CS[C@@H]1OC(CO)[C@H](O[C@@H]2OC(CO)[C@H](O)[C@H](O)C2O)[C@H](O)C1C. The number of rotatable bonds is 5. The lowest BCUT2D eigenvalue weighted by atomic mass is 9.93. The fraction of sp³-hybridized carbons (Fsp3) is 1.00. The molecule has 10 atom stereocenters. The minimum atomic E-state index is -1.58. The molecular weight excluding hydrogens is 344 g/mol. The van der Waals surface area contributed by atoms with Crippen LogP contribution in [-0.4, -0.2) is 105 Å². The summed E-state index contributed by atoms with van der Waals surface area (Å²) in [6.45, 7) is 0.773. The first kappa shape index (κ1) is 20.3. The van der Waals surface area contributed by atoms with Crippen molar-refractivity contribution >= 4 is 11.8 Å². The molecule has 0 bridgehead atoms. The van der Waals surface area contributed by atoms with E-state index < -0.39 is 62.2 Å². The van der Waals surface area contributed by atoms with Crippen LogP contribution in [0.5, 0.6) is 0 Å². The molecule has 2 rings (SSSR count). The summed E-state index contributed by atoms with van der Waals surface area (Å²) in [5.74, 6) is -0.308. The molecule has 24 heavy (non-hydrogen) atoms. The third-order valence-electron chi connectivity index (χ3n) is 4.53. The van der Waals surface area contributed by atoms with E-state index in [9.17, 15) is 30.6 Å². The maximum Gasteiger partial charge on any atom is 0.187 e. The first-order valence-corrected chi connectivity index (χ1v) is 9.07. The van der Waals surface area contributed by atoms with Gasteiger partial charge in [-0.25, -0.2) is 0 Å². The molecule has 2 heterocycles. The number of aliphatic hydroxyl groups excluding tert-OH is 6. The smallest absolute Gasteiger partial charge is 0.187 e. The van der Waals surface area contributed by atoms with Crippen molar-refractivity contribution in [2.45, 2.75) is 61.4 Å². The van der Waals surface area contributed by atoms with Gasteiger partial charge < -0.3 is 44.8 Å². The Kier molecular flexibility index (Phi) is 7.26. The van der Waals surface area contributed by atoms with Crippen molar-refractivity contribution in [2.24, 2.45) is 5.92 Å². The predicted octanol–water partition coefficient (Wildman–Crippen LogP) is -2.75. The van der Waals surface area contributed by atoms with E-state index in [-0.39, 0.29) is 11.4 Å². The Morgan fingerprint density at radius 3 is 2.04 bits per heavy atom. The van der Waals surface area contributed by atoms with Crippen LogP contribution in [0, 0.1) is 5.92 Å². The lowest BCUT2D eigenvalue weighted by molar-refractivity contribution is -0.335. The third kappa shape index (κ3) is 3.88. The molecule has 0 spiro atoms. The summed E-state index contributed by atoms with van der Waals surface area (Å²) in [6.07, 6.45) is -8.19. The minimum absolute atomic E-state index is 0.308.